The Morgan fingerprint density at radius 3 is 1.56 bits per heavy atom. The quantitative estimate of drug-likeness (QED) is 0.483. The molecule has 0 radical (unpaired) electrons. The van der Waals surface area contributed by atoms with Crippen LogP contribution in [0.15, 0.2) is 46.2 Å². The second-order valence-electron chi connectivity index (χ2n) is 3.72. The number of hydrogen-bond donors (Lipinski definition) is 4. The van der Waals surface area contributed by atoms with Crippen LogP contribution in [0.3, 0.4) is 0 Å². The van der Waals surface area contributed by atoms with Crippen molar-refractivity contribution in [3.05, 3.63) is 36.4 Å². The molecule has 0 atom stereocenters. The Bertz CT molecular complexity index is 538. The molecule has 0 amide bonds. The summed E-state index contributed by atoms with van der Waals surface area (Å²) < 4.78 is 12.2. The lowest BCUT2D eigenvalue weighted by Gasteiger charge is -2.12. The summed E-state index contributed by atoms with van der Waals surface area (Å²) in [5, 5.41) is 19.4. The molecule has 6 heteroatoms. The van der Waals surface area contributed by atoms with Gasteiger partial charge >= 0.3 is 0 Å². The molecule has 2 rings (SSSR count). The number of rotatable bonds is 2. The Kier molecular flexibility index (Phi) is 3.22. The molecule has 94 valence electrons. The summed E-state index contributed by atoms with van der Waals surface area (Å²) >= 11 is -1.70. The van der Waals surface area contributed by atoms with Gasteiger partial charge in [0.15, 0.2) is 21.3 Å². The van der Waals surface area contributed by atoms with Gasteiger partial charge in [-0.15, -0.1) is 0 Å². The summed E-state index contributed by atoms with van der Waals surface area (Å²) in [4.78, 5) is 0.369. The van der Waals surface area contributed by atoms with Crippen LogP contribution in [0.25, 0.3) is 0 Å². The largest absolute Gasteiger partial charge is 0.606 e. The fourth-order valence-corrected chi connectivity index (χ4v) is 2.62. The average Bonchev–Trinajstić information content (AvgIpc) is 2.28. The Morgan fingerprint density at radius 2 is 1.22 bits per heavy atom. The molecule has 0 saturated heterocycles. The minimum atomic E-state index is -1.70. The van der Waals surface area contributed by atoms with Crippen molar-refractivity contribution in [2.24, 2.45) is 0 Å². The van der Waals surface area contributed by atoms with Gasteiger partial charge in [0.1, 0.15) is 0 Å². The second-order valence-corrected chi connectivity index (χ2v) is 5.14. The smallest absolute Gasteiger partial charge is 0.200 e. The molecule has 0 heterocycles. The molecular weight excluding hydrogens is 252 g/mol. The number of nitrogen functional groups attached to an aromatic ring is 2. The highest BCUT2D eigenvalue weighted by atomic mass is 32.2. The van der Waals surface area contributed by atoms with Crippen molar-refractivity contribution in [1.82, 2.24) is 0 Å². The molecule has 5 nitrogen and oxygen atoms in total. The minimum absolute atomic E-state index is 0.176. The number of nitrogens with two attached hydrogens (primary N) is 2. The predicted octanol–water partition coefficient (Wildman–Crippen LogP) is 1.43. The summed E-state index contributed by atoms with van der Waals surface area (Å²) in [7, 11) is 0. The first-order valence-corrected chi connectivity index (χ1v) is 6.23. The molecule has 18 heavy (non-hydrogen) atoms. The van der Waals surface area contributed by atoms with Gasteiger partial charge in [-0.2, -0.15) is 0 Å². The van der Waals surface area contributed by atoms with Gasteiger partial charge in [-0.25, -0.2) is 0 Å². The van der Waals surface area contributed by atoms with Crippen LogP contribution in [-0.4, -0.2) is 14.8 Å². The highest BCUT2D eigenvalue weighted by molar-refractivity contribution is 7.91. The highest BCUT2D eigenvalue weighted by Crippen LogP contribution is 2.34. The molecule has 2 aromatic carbocycles. The monoisotopic (exact) mass is 264 g/mol. The van der Waals surface area contributed by atoms with Crippen molar-refractivity contribution in [3.63, 3.8) is 0 Å². The first-order chi connectivity index (χ1) is 8.49. The van der Waals surface area contributed by atoms with E-state index in [0.29, 0.717) is 11.4 Å². The Balaban J connectivity index is 2.44. The van der Waals surface area contributed by atoms with Crippen molar-refractivity contribution >= 4 is 22.6 Å². The van der Waals surface area contributed by atoms with Crippen molar-refractivity contribution in [3.8, 4) is 11.5 Å². The van der Waals surface area contributed by atoms with Gasteiger partial charge in [-0.1, -0.05) is 0 Å². The third-order valence-electron chi connectivity index (χ3n) is 2.37. The normalized spacial score (nSPS) is 10.8. The number of phenols is 2. The summed E-state index contributed by atoms with van der Waals surface area (Å²) in [6, 6.07) is 8.58. The van der Waals surface area contributed by atoms with E-state index in [9.17, 15) is 14.8 Å². The van der Waals surface area contributed by atoms with Crippen LogP contribution < -0.4 is 11.5 Å². The first-order valence-electron chi connectivity index (χ1n) is 5.08. The maximum Gasteiger partial charge on any atom is 0.200 e. The Labute approximate surface area is 107 Å². The van der Waals surface area contributed by atoms with Crippen LogP contribution in [0, 0.1) is 0 Å². The minimum Gasteiger partial charge on any atom is -0.606 e. The average molecular weight is 264 g/mol. The summed E-state index contributed by atoms with van der Waals surface area (Å²) in [5.41, 5.74) is 11.7. The molecule has 0 aliphatic carbocycles. The molecule has 6 N–H and O–H groups in total. The van der Waals surface area contributed by atoms with Crippen molar-refractivity contribution in [1.29, 1.82) is 0 Å². The lowest BCUT2D eigenvalue weighted by molar-refractivity contribution is 0.453. The highest BCUT2D eigenvalue weighted by Gasteiger charge is 2.22. The zero-order chi connectivity index (χ0) is 13.3. The lowest BCUT2D eigenvalue weighted by atomic mass is 10.3. The van der Waals surface area contributed by atoms with Gasteiger partial charge < -0.3 is 26.2 Å². The van der Waals surface area contributed by atoms with Gasteiger partial charge in [0.2, 0.25) is 0 Å². The standard InChI is InChI=1S/C12H12N2O3S/c13-7-1-3-11(9(15)5-7)18(17)12-4-2-8(14)6-10(12)16/h1-6,15-16H,13-14H2. The van der Waals surface area contributed by atoms with Crippen LogP contribution in [0.4, 0.5) is 11.4 Å². The SMILES string of the molecule is Nc1ccc([S+]([O-])c2ccc(N)cc2O)c(O)c1. The zero-order valence-corrected chi connectivity index (χ0v) is 10.1. The van der Waals surface area contributed by atoms with E-state index in [0.717, 1.165) is 0 Å². The predicted molar refractivity (Wildman–Crippen MR) is 69.7 cm³/mol. The van der Waals surface area contributed by atoms with E-state index < -0.39 is 11.2 Å². The molecule has 2 aromatic rings. The third kappa shape index (κ3) is 2.29. The van der Waals surface area contributed by atoms with Gasteiger partial charge in [0.25, 0.3) is 0 Å². The molecule has 0 spiro atoms. The number of aromatic hydroxyl groups is 2. The summed E-state index contributed by atoms with van der Waals surface area (Å²) in [6.45, 7) is 0. The van der Waals surface area contributed by atoms with Gasteiger partial charge in [-0.3, -0.25) is 0 Å². The van der Waals surface area contributed by atoms with Crippen LogP contribution in [0.5, 0.6) is 11.5 Å². The molecular formula is C12H12N2O3S. The zero-order valence-electron chi connectivity index (χ0n) is 9.33. The number of hydrogen-bond acceptors (Lipinski definition) is 5. The number of benzene rings is 2. The molecule has 0 saturated carbocycles. The van der Waals surface area contributed by atoms with E-state index in [4.69, 9.17) is 11.5 Å². The lowest BCUT2D eigenvalue weighted by Crippen LogP contribution is -2.03. The van der Waals surface area contributed by atoms with Gasteiger partial charge in [0, 0.05) is 34.7 Å². The van der Waals surface area contributed by atoms with E-state index in [-0.39, 0.29) is 21.3 Å². The first kappa shape index (κ1) is 12.4. The van der Waals surface area contributed by atoms with Crippen LogP contribution in [0.2, 0.25) is 0 Å². The molecule has 0 aliphatic heterocycles. The van der Waals surface area contributed by atoms with Crippen LogP contribution >= 0.6 is 0 Å². The van der Waals surface area contributed by atoms with E-state index in [1.807, 2.05) is 0 Å². The fourth-order valence-electron chi connectivity index (χ4n) is 1.50. The van der Waals surface area contributed by atoms with Crippen LogP contribution in [-0.2, 0) is 11.2 Å². The van der Waals surface area contributed by atoms with Crippen molar-refractivity contribution < 1.29 is 14.8 Å². The van der Waals surface area contributed by atoms with Crippen molar-refractivity contribution in [2.75, 3.05) is 11.5 Å². The molecule has 0 aliphatic rings. The summed E-state index contributed by atoms with van der Waals surface area (Å²) in [5.74, 6) is -0.353. The van der Waals surface area contributed by atoms with E-state index in [1.165, 1.54) is 36.4 Å². The topological polar surface area (TPSA) is 116 Å². The van der Waals surface area contributed by atoms with E-state index >= 15 is 0 Å². The molecule has 0 bridgehead atoms. The fraction of sp³-hybridized carbons (Fsp3) is 0. The maximum absolute atomic E-state index is 12.2. The van der Waals surface area contributed by atoms with Gasteiger partial charge in [-0.05, 0) is 24.3 Å². The summed E-state index contributed by atoms with van der Waals surface area (Å²) in [6.07, 6.45) is 0. The van der Waals surface area contributed by atoms with Crippen LogP contribution in [0.1, 0.15) is 0 Å². The van der Waals surface area contributed by atoms with Gasteiger partial charge in [0.05, 0.1) is 0 Å². The van der Waals surface area contributed by atoms with E-state index in [1.54, 1.807) is 0 Å². The molecule has 0 aromatic heterocycles. The second kappa shape index (κ2) is 4.67. The Hall–Kier alpha value is -2.05. The maximum atomic E-state index is 12.2. The Morgan fingerprint density at radius 1 is 0.833 bits per heavy atom. The number of phenolic OH excluding ortho intramolecular Hbond substituents is 2. The molecule has 0 unspecified atom stereocenters. The van der Waals surface area contributed by atoms with Crippen molar-refractivity contribution in [2.45, 2.75) is 9.79 Å². The molecule has 0 fully saturated rings. The van der Waals surface area contributed by atoms with E-state index in [2.05, 4.69) is 0 Å². The number of anilines is 2. The third-order valence-corrected chi connectivity index (χ3v) is 3.85.